The summed E-state index contributed by atoms with van der Waals surface area (Å²) < 4.78 is 19.4. The van der Waals surface area contributed by atoms with Gasteiger partial charge in [0.2, 0.25) is 0 Å². The van der Waals surface area contributed by atoms with Gasteiger partial charge in [0, 0.05) is 17.5 Å². The van der Waals surface area contributed by atoms with Crippen LogP contribution in [0, 0.1) is 0 Å². The Morgan fingerprint density at radius 3 is 2.75 bits per heavy atom. The topological polar surface area (TPSA) is 46.6 Å². The molecule has 1 aliphatic heterocycles. The van der Waals surface area contributed by atoms with Crippen LogP contribution in [-0.2, 0) is 9.09 Å². The third-order valence-corrected chi connectivity index (χ3v) is 8.51. The molecule has 0 N–H and O–H groups in total. The molecule has 1 aliphatic rings. The van der Waals surface area contributed by atoms with Crippen LogP contribution in [0.3, 0.4) is 0 Å². The Labute approximate surface area is 105 Å². The van der Waals surface area contributed by atoms with Crippen LogP contribution in [0.25, 0.3) is 0 Å². The molecule has 1 amide bonds. The second-order valence-corrected chi connectivity index (χ2v) is 9.20. The molecule has 1 fully saturated rings. The summed E-state index contributed by atoms with van der Waals surface area (Å²) in [5, 5.41) is 0.114. The van der Waals surface area contributed by atoms with Gasteiger partial charge in [-0.3, -0.25) is 14.0 Å². The molecule has 0 aromatic carbocycles. The van der Waals surface area contributed by atoms with Gasteiger partial charge in [-0.2, -0.15) is 0 Å². The first-order valence-electron chi connectivity index (χ1n) is 5.41. The molecule has 0 aromatic rings. The fraction of sp³-hybridized carbons (Fsp3) is 0.889. The first-order chi connectivity index (χ1) is 7.53. The standard InChI is InChI=1S/C9H18NO3PS2/c1-4-8(3)16-14(12,13-5-2)10-6-7-15-9(10)11/h8H,4-7H2,1-3H3/t8-,14-/m1/s1. The summed E-state index contributed by atoms with van der Waals surface area (Å²) in [6, 6.07) is 0. The normalized spacial score (nSPS) is 22.2. The molecule has 0 aromatic heterocycles. The highest BCUT2D eigenvalue weighted by Crippen LogP contribution is 2.65. The van der Waals surface area contributed by atoms with E-state index in [9.17, 15) is 9.36 Å². The summed E-state index contributed by atoms with van der Waals surface area (Å²) in [5.74, 6) is 0.705. The van der Waals surface area contributed by atoms with Crippen molar-refractivity contribution in [3.63, 3.8) is 0 Å². The lowest BCUT2D eigenvalue weighted by Crippen LogP contribution is -2.20. The van der Waals surface area contributed by atoms with E-state index in [1.54, 1.807) is 6.92 Å². The molecule has 0 aliphatic carbocycles. The molecule has 0 saturated carbocycles. The molecule has 16 heavy (non-hydrogen) atoms. The van der Waals surface area contributed by atoms with Gasteiger partial charge in [0.25, 0.3) is 5.24 Å². The van der Waals surface area contributed by atoms with Crippen molar-refractivity contribution in [3.8, 4) is 0 Å². The lowest BCUT2D eigenvalue weighted by molar-refractivity contribution is 0.241. The van der Waals surface area contributed by atoms with E-state index in [1.807, 2.05) is 13.8 Å². The fourth-order valence-electron chi connectivity index (χ4n) is 1.23. The highest BCUT2D eigenvalue weighted by Gasteiger charge is 2.40. The number of thioether (sulfide) groups is 1. The Kier molecular flexibility index (Phi) is 5.71. The van der Waals surface area contributed by atoms with Gasteiger partial charge in [0.05, 0.1) is 6.61 Å². The average molecular weight is 283 g/mol. The number of carbonyl (C=O) groups is 1. The number of rotatable bonds is 6. The summed E-state index contributed by atoms with van der Waals surface area (Å²) in [6.07, 6.45) is 0.914. The van der Waals surface area contributed by atoms with Crippen molar-refractivity contribution in [1.82, 2.24) is 4.67 Å². The van der Waals surface area contributed by atoms with Crippen molar-refractivity contribution in [2.45, 2.75) is 32.4 Å². The number of hydrogen-bond acceptors (Lipinski definition) is 5. The average Bonchev–Trinajstić information content (AvgIpc) is 2.65. The molecule has 94 valence electrons. The number of hydrogen-bond donors (Lipinski definition) is 0. The number of amides is 1. The van der Waals surface area contributed by atoms with Gasteiger partial charge < -0.3 is 4.52 Å². The SMILES string of the molecule is CCO[P@@](=O)(S[C@H](C)CC)N1CCSC1=O. The molecule has 7 heteroatoms. The first-order valence-corrected chi connectivity index (χ1v) is 9.46. The van der Waals surface area contributed by atoms with Crippen molar-refractivity contribution in [1.29, 1.82) is 0 Å². The molecule has 0 radical (unpaired) electrons. The van der Waals surface area contributed by atoms with Gasteiger partial charge in [-0.05, 0) is 24.7 Å². The highest BCUT2D eigenvalue weighted by molar-refractivity contribution is 8.56. The lowest BCUT2D eigenvalue weighted by Gasteiger charge is -2.27. The Bertz CT molecular complexity index is 300. The highest BCUT2D eigenvalue weighted by atomic mass is 32.7. The Balaban J connectivity index is 2.78. The maximum absolute atomic E-state index is 12.6. The van der Waals surface area contributed by atoms with E-state index in [2.05, 4.69) is 0 Å². The van der Waals surface area contributed by atoms with Crippen LogP contribution in [0.4, 0.5) is 4.79 Å². The zero-order valence-corrected chi connectivity index (χ0v) is 12.4. The van der Waals surface area contributed by atoms with E-state index in [-0.39, 0.29) is 10.5 Å². The van der Waals surface area contributed by atoms with E-state index in [0.717, 1.165) is 6.42 Å². The van der Waals surface area contributed by atoms with Crippen molar-refractivity contribution in [2.24, 2.45) is 0 Å². The van der Waals surface area contributed by atoms with E-state index in [0.29, 0.717) is 18.9 Å². The van der Waals surface area contributed by atoms with Gasteiger partial charge in [0.15, 0.2) is 0 Å². The molecule has 0 spiro atoms. The van der Waals surface area contributed by atoms with Gasteiger partial charge in [-0.25, -0.2) is 0 Å². The Hall–Kier alpha value is 0.360. The molecule has 2 atom stereocenters. The molecule has 1 rings (SSSR count). The predicted molar refractivity (Wildman–Crippen MR) is 71.1 cm³/mol. The summed E-state index contributed by atoms with van der Waals surface area (Å²) in [5.41, 5.74) is 0. The lowest BCUT2D eigenvalue weighted by atomic mass is 10.4. The molecule has 1 heterocycles. The van der Waals surface area contributed by atoms with Crippen molar-refractivity contribution in [2.75, 3.05) is 18.9 Å². The minimum absolute atomic E-state index is 0.118. The van der Waals surface area contributed by atoms with Crippen LogP contribution in [0.2, 0.25) is 0 Å². The minimum Gasteiger partial charge on any atom is -0.306 e. The molecule has 0 bridgehead atoms. The first kappa shape index (κ1) is 14.4. The van der Waals surface area contributed by atoms with E-state index < -0.39 is 6.72 Å². The molecule has 1 saturated heterocycles. The predicted octanol–water partition coefficient (Wildman–Crippen LogP) is 3.83. The monoisotopic (exact) mass is 283 g/mol. The summed E-state index contributed by atoms with van der Waals surface area (Å²) in [7, 11) is 0. The maximum atomic E-state index is 12.6. The molecular formula is C9H18NO3PS2. The van der Waals surface area contributed by atoms with Crippen LogP contribution in [0.5, 0.6) is 0 Å². The van der Waals surface area contributed by atoms with Crippen molar-refractivity contribution < 1.29 is 13.9 Å². The molecule has 0 unspecified atom stereocenters. The zero-order valence-electron chi connectivity index (χ0n) is 9.84. The summed E-state index contributed by atoms with van der Waals surface area (Å²) >= 11 is 2.51. The number of nitrogens with zero attached hydrogens (tertiary/aromatic N) is 1. The van der Waals surface area contributed by atoms with E-state index in [1.165, 1.54) is 27.8 Å². The van der Waals surface area contributed by atoms with Gasteiger partial charge >= 0.3 is 6.72 Å². The third kappa shape index (κ3) is 3.42. The molecule has 4 nitrogen and oxygen atoms in total. The van der Waals surface area contributed by atoms with Crippen molar-refractivity contribution >= 4 is 35.1 Å². The van der Waals surface area contributed by atoms with Crippen LogP contribution in [0.15, 0.2) is 0 Å². The van der Waals surface area contributed by atoms with Gasteiger partial charge in [-0.1, -0.05) is 25.6 Å². The van der Waals surface area contributed by atoms with Gasteiger partial charge in [-0.15, -0.1) is 0 Å². The van der Waals surface area contributed by atoms with Crippen LogP contribution in [0.1, 0.15) is 27.2 Å². The second kappa shape index (κ2) is 6.34. The number of carbonyl (C=O) groups excluding carboxylic acids is 1. The fourth-order valence-corrected chi connectivity index (χ4v) is 7.61. The van der Waals surface area contributed by atoms with E-state index >= 15 is 0 Å². The van der Waals surface area contributed by atoms with Gasteiger partial charge in [0.1, 0.15) is 0 Å². The largest absolute Gasteiger partial charge is 0.356 e. The summed E-state index contributed by atoms with van der Waals surface area (Å²) in [6.45, 7) is 3.73. The van der Waals surface area contributed by atoms with Crippen molar-refractivity contribution in [3.05, 3.63) is 0 Å². The van der Waals surface area contributed by atoms with Crippen LogP contribution < -0.4 is 0 Å². The third-order valence-electron chi connectivity index (χ3n) is 2.22. The smallest absolute Gasteiger partial charge is 0.306 e. The Morgan fingerprint density at radius 2 is 2.31 bits per heavy atom. The quantitative estimate of drug-likeness (QED) is 0.693. The summed E-state index contributed by atoms with van der Waals surface area (Å²) in [4.78, 5) is 11.6. The van der Waals surface area contributed by atoms with Crippen LogP contribution >= 0.6 is 29.9 Å². The molecular weight excluding hydrogens is 265 g/mol. The van der Waals surface area contributed by atoms with E-state index in [4.69, 9.17) is 4.52 Å². The minimum atomic E-state index is -3.02. The zero-order chi connectivity index (χ0) is 12.2. The second-order valence-electron chi connectivity index (χ2n) is 3.45. The Morgan fingerprint density at radius 1 is 1.62 bits per heavy atom. The maximum Gasteiger partial charge on any atom is 0.356 e. The van der Waals surface area contributed by atoms with Crippen LogP contribution in [-0.4, -0.2) is 34.1 Å².